The molecule has 0 amide bonds. The normalized spacial score (nSPS) is 12.3. The molecule has 3 nitrogen and oxygen atoms in total. The molecule has 2 N–H and O–H groups in total. The molecule has 15 heavy (non-hydrogen) atoms. The van der Waals surface area contributed by atoms with Crippen LogP contribution in [0.5, 0.6) is 0 Å². The lowest BCUT2D eigenvalue weighted by atomic mass is 9.97. The maximum absolute atomic E-state index is 5.29. The molecule has 0 atom stereocenters. The second kappa shape index (κ2) is 3.36. The lowest BCUT2D eigenvalue weighted by molar-refractivity contribution is -0.0235. The third kappa shape index (κ3) is 1.64. The summed E-state index contributed by atoms with van der Waals surface area (Å²) in [6.45, 7) is 3.91. The number of aromatic nitrogens is 1. The Morgan fingerprint density at radius 3 is 2.67 bits per heavy atom. The number of hydrogen-bond donors (Lipinski definition) is 1. The van der Waals surface area contributed by atoms with E-state index in [4.69, 9.17) is 10.7 Å². The van der Waals surface area contributed by atoms with Gasteiger partial charge in [-0.15, -0.1) is 0 Å². The zero-order valence-corrected chi connectivity index (χ0v) is 9.32. The Balaban J connectivity index is 2.59. The first kappa shape index (κ1) is 10.2. The van der Waals surface area contributed by atoms with Crippen LogP contribution in [0.2, 0.25) is 0 Å². The van der Waals surface area contributed by atoms with Crippen molar-refractivity contribution >= 4 is 10.9 Å². The molecule has 1 heterocycles. The van der Waals surface area contributed by atoms with Gasteiger partial charge in [-0.2, -0.15) is 0 Å². The third-order valence-corrected chi connectivity index (χ3v) is 2.88. The fourth-order valence-electron chi connectivity index (χ4n) is 1.71. The van der Waals surface area contributed by atoms with Crippen LogP contribution in [0.3, 0.4) is 0 Å². The SMILES string of the molecule is Cn1ccc2ccc(C(C)(C)ON)cc21. The van der Waals surface area contributed by atoms with Crippen LogP contribution in [0.25, 0.3) is 10.9 Å². The van der Waals surface area contributed by atoms with Crippen LogP contribution >= 0.6 is 0 Å². The van der Waals surface area contributed by atoms with Gasteiger partial charge < -0.3 is 4.57 Å². The summed E-state index contributed by atoms with van der Waals surface area (Å²) in [6, 6.07) is 8.35. The summed E-state index contributed by atoms with van der Waals surface area (Å²) in [4.78, 5) is 4.98. The Hall–Kier alpha value is -1.32. The summed E-state index contributed by atoms with van der Waals surface area (Å²) in [5.41, 5.74) is 1.83. The molecule has 2 rings (SSSR count). The van der Waals surface area contributed by atoms with Crippen molar-refractivity contribution in [2.24, 2.45) is 12.9 Å². The number of nitrogens with two attached hydrogens (primary N) is 1. The van der Waals surface area contributed by atoms with E-state index in [9.17, 15) is 0 Å². The fraction of sp³-hybridized carbons (Fsp3) is 0.333. The first-order valence-electron chi connectivity index (χ1n) is 4.98. The lowest BCUT2D eigenvalue weighted by Gasteiger charge is -2.22. The smallest absolute Gasteiger partial charge is 0.109 e. The van der Waals surface area contributed by atoms with Crippen LogP contribution in [-0.4, -0.2) is 4.57 Å². The molecular formula is C12H16N2O. The van der Waals surface area contributed by atoms with Gasteiger partial charge in [-0.3, -0.25) is 4.84 Å². The molecule has 0 radical (unpaired) electrons. The van der Waals surface area contributed by atoms with E-state index in [0.29, 0.717) is 0 Å². The number of aryl methyl sites for hydroxylation is 1. The van der Waals surface area contributed by atoms with E-state index in [1.807, 2.05) is 27.1 Å². The molecule has 0 saturated carbocycles. The van der Waals surface area contributed by atoms with Gasteiger partial charge in [0.15, 0.2) is 0 Å². The summed E-state index contributed by atoms with van der Waals surface area (Å²) in [5.74, 6) is 5.29. The van der Waals surface area contributed by atoms with Crippen molar-refractivity contribution in [1.29, 1.82) is 0 Å². The van der Waals surface area contributed by atoms with Gasteiger partial charge in [0.1, 0.15) is 5.60 Å². The van der Waals surface area contributed by atoms with Crippen molar-refractivity contribution in [1.82, 2.24) is 4.57 Å². The van der Waals surface area contributed by atoms with Gasteiger partial charge in [0.25, 0.3) is 0 Å². The van der Waals surface area contributed by atoms with E-state index < -0.39 is 5.60 Å². The highest BCUT2D eigenvalue weighted by Crippen LogP contribution is 2.26. The predicted molar refractivity (Wildman–Crippen MR) is 61.2 cm³/mol. The van der Waals surface area contributed by atoms with Crippen LogP contribution in [0.15, 0.2) is 30.5 Å². The average molecular weight is 204 g/mol. The Bertz CT molecular complexity index is 485. The topological polar surface area (TPSA) is 40.2 Å². The maximum atomic E-state index is 5.29. The van der Waals surface area contributed by atoms with E-state index >= 15 is 0 Å². The Kier molecular flexibility index (Phi) is 2.29. The van der Waals surface area contributed by atoms with Crippen molar-refractivity contribution in [3.05, 3.63) is 36.0 Å². The first-order chi connectivity index (χ1) is 7.04. The van der Waals surface area contributed by atoms with E-state index in [1.54, 1.807) is 0 Å². The van der Waals surface area contributed by atoms with E-state index in [0.717, 1.165) is 5.56 Å². The van der Waals surface area contributed by atoms with E-state index in [2.05, 4.69) is 28.8 Å². The van der Waals surface area contributed by atoms with Gasteiger partial charge in [0, 0.05) is 18.8 Å². The third-order valence-electron chi connectivity index (χ3n) is 2.88. The standard InChI is InChI=1S/C12H16N2O/c1-12(2,15-13)10-5-4-9-6-7-14(3)11(9)8-10/h4-8H,13H2,1-3H3. The molecule has 3 heteroatoms. The highest BCUT2D eigenvalue weighted by atomic mass is 16.6. The van der Waals surface area contributed by atoms with Crippen molar-refractivity contribution in [2.45, 2.75) is 19.4 Å². The van der Waals surface area contributed by atoms with Crippen molar-refractivity contribution < 1.29 is 4.84 Å². The number of benzene rings is 1. The zero-order valence-electron chi connectivity index (χ0n) is 9.32. The molecular weight excluding hydrogens is 188 g/mol. The summed E-state index contributed by atoms with van der Waals surface area (Å²) < 4.78 is 2.09. The molecule has 80 valence electrons. The molecule has 0 aliphatic carbocycles. The van der Waals surface area contributed by atoms with Crippen molar-refractivity contribution in [2.75, 3.05) is 0 Å². The molecule has 1 aromatic heterocycles. The fourth-order valence-corrected chi connectivity index (χ4v) is 1.71. The monoisotopic (exact) mass is 204 g/mol. The van der Waals surface area contributed by atoms with Gasteiger partial charge in [-0.25, -0.2) is 5.90 Å². The van der Waals surface area contributed by atoms with E-state index in [-0.39, 0.29) is 0 Å². The molecule has 0 bridgehead atoms. The van der Waals surface area contributed by atoms with Crippen LogP contribution in [0.4, 0.5) is 0 Å². The number of rotatable bonds is 2. The molecule has 0 fully saturated rings. The minimum atomic E-state index is -0.446. The summed E-state index contributed by atoms with van der Waals surface area (Å²) in [7, 11) is 2.03. The van der Waals surface area contributed by atoms with Crippen LogP contribution in [0, 0.1) is 0 Å². The Morgan fingerprint density at radius 2 is 2.00 bits per heavy atom. The molecule has 1 aromatic carbocycles. The second-order valence-corrected chi connectivity index (χ2v) is 4.33. The molecule has 0 saturated heterocycles. The van der Waals surface area contributed by atoms with Gasteiger partial charge in [-0.1, -0.05) is 12.1 Å². The Labute approximate surface area is 89.4 Å². The number of hydrogen-bond acceptors (Lipinski definition) is 2. The maximum Gasteiger partial charge on any atom is 0.109 e. The van der Waals surface area contributed by atoms with Crippen LogP contribution in [-0.2, 0) is 17.5 Å². The highest BCUT2D eigenvalue weighted by molar-refractivity contribution is 5.80. The molecule has 0 aliphatic heterocycles. The first-order valence-corrected chi connectivity index (χ1v) is 4.98. The summed E-state index contributed by atoms with van der Waals surface area (Å²) in [6.07, 6.45) is 2.05. The van der Waals surface area contributed by atoms with Crippen molar-refractivity contribution in [3.63, 3.8) is 0 Å². The zero-order chi connectivity index (χ0) is 11.1. The molecule has 2 aromatic rings. The number of nitrogens with zero attached hydrogens (tertiary/aromatic N) is 1. The average Bonchev–Trinajstić information content (AvgIpc) is 2.60. The molecule has 0 unspecified atom stereocenters. The van der Waals surface area contributed by atoms with Gasteiger partial charge in [-0.05, 0) is 36.9 Å². The van der Waals surface area contributed by atoms with Crippen molar-refractivity contribution in [3.8, 4) is 0 Å². The van der Waals surface area contributed by atoms with Gasteiger partial charge in [0.2, 0.25) is 0 Å². The Morgan fingerprint density at radius 1 is 1.27 bits per heavy atom. The predicted octanol–water partition coefficient (Wildman–Crippen LogP) is 2.30. The lowest BCUT2D eigenvalue weighted by Crippen LogP contribution is -2.25. The minimum absolute atomic E-state index is 0.446. The minimum Gasteiger partial charge on any atom is -0.351 e. The van der Waals surface area contributed by atoms with E-state index in [1.165, 1.54) is 10.9 Å². The van der Waals surface area contributed by atoms with Gasteiger partial charge >= 0.3 is 0 Å². The molecule has 0 aliphatic rings. The largest absolute Gasteiger partial charge is 0.351 e. The molecule has 0 spiro atoms. The summed E-state index contributed by atoms with van der Waals surface area (Å²) in [5, 5.41) is 1.23. The second-order valence-electron chi connectivity index (χ2n) is 4.33. The van der Waals surface area contributed by atoms with Gasteiger partial charge in [0.05, 0.1) is 0 Å². The van der Waals surface area contributed by atoms with Crippen LogP contribution in [0.1, 0.15) is 19.4 Å². The highest BCUT2D eigenvalue weighted by Gasteiger charge is 2.20. The number of fused-ring (bicyclic) bond motifs is 1. The van der Waals surface area contributed by atoms with Crippen LogP contribution < -0.4 is 5.90 Å². The quantitative estimate of drug-likeness (QED) is 0.762. The summed E-state index contributed by atoms with van der Waals surface area (Å²) >= 11 is 0.